The number of rotatable bonds is 2. The van der Waals surface area contributed by atoms with Crippen molar-refractivity contribution in [2.45, 2.75) is 6.92 Å². The van der Waals surface area contributed by atoms with E-state index in [4.69, 9.17) is 10.5 Å². The zero-order chi connectivity index (χ0) is 11.5. The van der Waals surface area contributed by atoms with Crippen LogP contribution in [0.2, 0.25) is 0 Å². The minimum absolute atomic E-state index is 0.693. The number of nitrogen functional groups attached to an aromatic ring is 1. The normalized spacial score (nSPS) is 10.1. The highest BCUT2D eigenvalue weighted by atomic mass is 79.9. The molecule has 1 aromatic carbocycles. The predicted molar refractivity (Wildman–Crippen MR) is 67.6 cm³/mol. The fraction of sp³-hybridized carbons (Fsp3) is 0.0833. The van der Waals surface area contributed by atoms with Crippen LogP contribution in [0.4, 0.5) is 5.69 Å². The first-order valence-electron chi connectivity index (χ1n) is 4.80. The van der Waals surface area contributed by atoms with Gasteiger partial charge in [0.1, 0.15) is 11.5 Å². The lowest BCUT2D eigenvalue weighted by molar-refractivity contribution is 0.479. The maximum absolute atomic E-state index is 5.73. The van der Waals surface area contributed by atoms with Gasteiger partial charge in [0.2, 0.25) is 0 Å². The van der Waals surface area contributed by atoms with E-state index in [1.165, 1.54) is 0 Å². The molecule has 16 heavy (non-hydrogen) atoms. The monoisotopic (exact) mass is 278 g/mol. The van der Waals surface area contributed by atoms with Crippen LogP contribution in [-0.4, -0.2) is 4.98 Å². The van der Waals surface area contributed by atoms with Crippen LogP contribution in [0.25, 0.3) is 0 Å². The number of ether oxygens (including phenoxy) is 1. The van der Waals surface area contributed by atoms with E-state index in [9.17, 15) is 0 Å². The van der Waals surface area contributed by atoms with Gasteiger partial charge in [-0.25, -0.2) is 0 Å². The summed E-state index contributed by atoms with van der Waals surface area (Å²) in [6.45, 7) is 1.95. The molecule has 0 saturated heterocycles. The van der Waals surface area contributed by atoms with E-state index in [0.29, 0.717) is 5.75 Å². The largest absolute Gasteiger partial charge is 0.456 e. The second-order valence-electron chi connectivity index (χ2n) is 3.46. The van der Waals surface area contributed by atoms with Crippen LogP contribution in [0.3, 0.4) is 0 Å². The molecule has 0 saturated carbocycles. The highest BCUT2D eigenvalue weighted by Gasteiger charge is 2.00. The second kappa shape index (κ2) is 4.53. The minimum Gasteiger partial charge on any atom is -0.456 e. The van der Waals surface area contributed by atoms with E-state index in [0.717, 1.165) is 21.5 Å². The Morgan fingerprint density at radius 3 is 2.69 bits per heavy atom. The van der Waals surface area contributed by atoms with Gasteiger partial charge in [-0.1, -0.05) is 0 Å². The van der Waals surface area contributed by atoms with Crippen LogP contribution in [0, 0.1) is 6.92 Å². The number of nitrogens with zero attached hydrogens (tertiary/aromatic N) is 1. The molecule has 2 rings (SSSR count). The molecule has 1 heterocycles. The Bertz CT molecular complexity index is 514. The topological polar surface area (TPSA) is 48.1 Å². The third kappa shape index (κ3) is 2.52. The highest BCUT2D eigenvalue weighted by Crippen LogP contribution is 2.25. The summed E-state index contributed by atoms with van der Waals surface area (Å²) in [7, 11) is 0. The predicted octanol–water partition coefficient (Wildman–Crippen LogP) is 3.53. The van der Waals surface area contributed by atoms with E-state index in [1.54, 1.807) is 12.4 Å². The van der Waals surface area contributed by atoms with E-state index in [2.05, 4.69) is 20.9 Å². The fourth-order valence-electron chi connectivity index (χ4n) is 1.30. The molecule has 0 bridgehead atoms. The zero-order valence-corrected chi connectivity index (χ0v) is 10.4. The van der Waals surface area contributed by atoms with Crippen LogP contribution in [0.1, 0.15) is 5.56 Å². The van der Waals surface area contributed by atoms with Gasteiger partial charge in [0, 0.05) is 16.4 Å². The van der Waals surface area contributed by atoms with E-state index in [1.807, 2.05) is 31.2 Å². The van der Waals surface area contributed by atoms with Gasteiger partial charge in [0.25, 0.3) is 0 Å². The number of hydrogen-bond donors (Lipinski definition) is 1. The van der Waals surface area contributed by atoms with Crippen LogP contribution >= 0.6 is 15.9 Å². The summed E-state index contributed by atoms with van der Waals surface area (Å²) < 4.78 is 6.53. The van der Waals surface area contributed by atoms with E-state index >= 15 is 0 Å². The molecule has 0 unspecified atom stereocenters. The van der Waals surface area contributed by atoms with Gasteiger partial charge in [-0.2, -0.15) is 0 Å². The Hall–Kier alpha value is -1.55. The van der Waals surface area contributed by atoms with Crippen molar-refractivity contribution in [3.63, 3.8) is 0 Å². The lowest BCUT2D eigenvalue weighted by atomic mass is 10.2. The highest BCUT2D eigenvalue weighted by molar-refractivity contribution is 9.10. The Morgan fingerprint density at radius 2 is 2.00 bits per heavy atom. The second-order valence-corrected chi connectivity index (χ2v) is 4.37. The average Bonchev–Trinajstić information content (AvgIpc) is 2.24. The summed E-state index contributed by atoms with van der Waals surface area (Å²) >= 11 is 3.34. The molecule has 0 atom stereocenters. The molecule has 1 aromatic heterocycles. The Balaban J connectivity index is 2.24. The van der Waals surface area contributed by atoms with Crippen LogP contribution in [-0.2, 0) is 0 Å². The number of benzene rings is 1. The summed E-state index contributed by atoms with van der Waals surface area (Å²) in [5.74, 6) is 1.45. The molecular formula is C12H11BrN2O. The summed E-state index contributed by atoms with van der Waals surface area (Å²) in [5.41, 5.74) is 7.49. The Labute approximate surface area is 102 Å². The van der Waals surface area contributed by atoms with Gasteiger partial charge in [0.15, 0.2) is 0 Å². The van der Waals surface area contributed by atoms with E-state index in [-0.39, 0.29) is 0 Å². The summed E-state index contributed by atoms with van der Waals surface area (Å²) in [4.78, 5) is 4.02. The molecule has 0 fully saturated rings. The first-order valence-corrected chi connectivity index (χ1v) is 5.59. The molecule has 3 nitrogen and oxygen atoms in total. The third-order valence-corrected chi connectivity index (χ3v) is 2.59. The third-order valence-electron chi connectivity index (χ3n) is 2.16. The number of nitrogens with two attached hydrogens (primary N) is 1. The van der Waals surface area contributed by atoms with Gasteiger partial charge in [-0.05, 0) is 52.7 Å². The quantitative estimate of drug-likeness (QED) is 0.855. The lowest BCUT2D eigenvalue weighted by Gasteiger charge is -2.07. The molecule has 0 aliphatic rings. The van der Waals surface area contributed by atoms with Crippen molar-refractivity contribution in [2.75, 3.05) is 5.73 Å². The average molecular weight is 279 g/mol. The van der Waals surface area contributed by atoms with Crippen LogP contribution in [0.15, 0.2) is 41.1 Å². The lowest BCUT2D eigenvalue weighted by Crippen LogP contribution is -1.91. The SMILES string of the molecule is Cc1cc(Oc2cncc(Br)c2)ccc1N. The van der Waals surface area contributed by atoms with Crippen molar-refractivity contribution < 1.29 is 4.74 Å². The molecule has 4 heteroatoms. The maximum atomic E-state index is 5.73. The van der Waals surface area contributed by atoms with Crippen LogP contribution in [0.5, 0.6) is 11.5 Å². The van der Waals surface area contributed by atoms with Gasteiger partial charge < -0.3 is 10.5 Å². The van der Waals surface area contributed by atoms with Crippen molar-refractivity contribution in [2.24, 2.45) is 0 Å². The Kier molecular flexibility index (Phi) is 3.10. The summed E-state index contributed by atoms with van der Waals surface area (Å²) in [5, 5.41) is 0. The number of pyridine rings is 1. The molecule has 2 N–H and O–H groups in total. The first kappa shape index (κ1) is 11.0. The summed E-state index contributed by atoms with van der Waals surface area (Å²) in [6, 6.07) is 7.42. The number of anilines is 1. The van der Waals surface area contributed by atoms with Crippen LogP contribution < -0.4 is 10.5 Å². The van der Waals surface area contributed by atoms with Crippen molar-refractivity contribution in [3.05, 3.63) is 46.7 Å². The number of hydrogen-bond acceptors (Lipinski definition) is 3. The van der Waals surface area contributed by atoms with Gasteiger partial charge >= 0.3 is 0 Å². The minimum atomic E-state index is 0.693. The number of halogens is 1. The molecule has 0 amide bonds. The van der Waals surface area contributed by atoms with Crippen molar-refractivity contribution in [3.8, 4) is 11.5 Å². The Morgan fingerprint density at radius 1 is 1.19 bits per heavy atom. The van der Waals surface area contributed by atoms with Gasteiger partial charge in [-0.3, -0.25) is 4.98 Å². The fourth-order valence-corrected chi connectivity index (χ4v) is 1.64. The van der Waals surface area contributed by atoms with E-state index < -0.39 is 0 Å². The molecular weight excluding hydrogens is 268 g/mol. The van der Waals surface area contributed by atoms with Crippen molar-refractivity contribution in [1.29, 1.82) is 0 Å². The molecule has 0 aliphatic heterocycles. The number of aromatic nitrogens is 1. The molecule has 82 valence electrons. The number of aryl methyl sites for hydroxylation is 1. The smallest absolute Gasteiger partial charge is 0.146 e. The maximum Gasteiger partial charge on any atom is 0.146 e. The molecule has 0 spiro atoms. The van der Waals surface area contributed by atoms with Crippen molar-refractivity contribution >= 4 is 21.6 Å². The van der Waals surface area contributed by atoms with Crippen molar-refractivity contribution in [1.82, 2.24) is 4.98 Å². The standard InChI is InChI=1S/C12H11BrN2O/c1-8-4-10(2-3-12(8)14)16-11-5-9(13)6-15-7-11/h2-7H,14H2,1H3. The van der Waals surface area contributed by atoms with Gasteiger partial charge in [-0.15, -0.1) is 0 Å². The molecule has 2 aromatic rings. The molecule has 0 radical (unpaired) electrons. The summed E-state index contributed by atoms with van der Waals surface area (Å²) in [6.07, 6.45) is 3.37. The van der Waals surface area contributed by atoms with Gasteiger partial charge in [0.05, 0.1) is 6.20 Å². The molecule has 0 aliphatic carbocycles. The first-order chi connectivity index (χ1) is 7.65. The zero-order valence-electron chi connectivity index (χ0n) is 8.77.